The Morgan fingerprint density at radius 1 is 0.706 bits per heavy atom. The summed E-state index contributed by atoms with van der Waals surface area (Å²) in [7, 11) is 1.58. The second-order valence-electron chi connectivity index (χ2n) is 7.34. The van der Waals surface area contributed by atoms with Gasteiger partial charge in [-0.3, -0.25) is 4.79 Å². The summed E-state index contributed by atoms with van der Waals surface area (Å²) < 4.78 is 10.9. The fourth-order valence-corrected chi connectivity index (χ4v) is 3.38. The fraction of sp³-hybridized carbons (Fsp3) is 0.0345. The summed E-state index contributed by atoms with van der Waals surface area (Å²) in [6, 6.07) is 32.5. The molecule has 0 saturated heterocycles. The van der Waals surface area contributed by atoms with Crippen LogP contribution in [0.5, 0.6) is 11.5 Å². The highest BCUT2D eigenvalue weighted by Gasteiger charge is 2.21. The van der Waals surface area contributed by atoms with Crippen LogP contribution in [-0.4, -0.2) is 19.0 Å². The molecule has 0 unspecified atom stereocenters. The van der Waals surface area contributed by atoms with E-state index in [0.29, 0.717) is 34.0 Å². The van der Waals surface area contributed by atoms with Crippen LogP contribution in [0.25, 0.3) is 6.08 Å². The quantitative estimate of drug-likeness (QED) is 0.227. The van der Waals surface area contributed by atoms with E-state index in [1.54, 1.807) is 55.7 Å². The third kappa shape index (κ3) is 5.40. The number of hydrogen-bond acceptors (Lipinski definition) is 4. The van der Waals surface area contributed by atoms with Crippen molar-refractivity contribution in [3.63, 3.8) is 0 Å². The third-order valence-corrected chi connectivity index (χ3v) is 5.12. The van der Waals surface area contributed by atoms with Crippen molar-refractivity contribution in [2.75, 3.05) is 12.0 Å². The second kappa shape index (κ2) is 10.8. The lowest BCUT2D eigenvalue weighted by Gasteiger charge is -2.22. The largest absolute Gasteiger partial charge is 0.497 e. The number of benzene rings is 4. The van der Waals surface area contributed by atoms with Gasteiger partial charge in [0.25, 0.3) is 0 Å². The van der Waals surface area contributed by atoms with E-state index in [2.05, 4.69) is 0 Å². The number of carbonyl (C=O) groups excluding carboxylic acids is 2. The van der Waals surface area contributed by atoms with E-state index in [0.717, 1.165) is 0 Å². The number of amides is 1. The Morgan fingerprint density at radius 3 is 1.85 bits per heavy atom. The van der Waals surface area contributed by atoms with E-state index >= 15 is 0 Å². The number of ketones is 1. The van der Waals surface area contributed by atoms with Gasteiger partial charge in [-0.2, -0.15) is 0 Å². The van der Waals surface area contributed by atoms with Crippen molar-refractivity contribution in [3.8, 4) is 11.5 Å². The number of anilines is 2. The summed E-state index contributed by atoms with van der Waals surface area (Å²) >= 11 is 0. The summed E-state index contributed by atoms with van der Waals surface area (Å²) in [5, 5.41) is 0. The molecule has 0 heterocycles. The van der Waals surface area contributed by atoms with E-state index in [4.69, 9.17) is 9.47 Å². The zero-order chi connectivity index (χ0) is 23.8. The Hall–Kier alpha value is -4.64. The van der Waals surface area contributed by atoms with Crippen molar-refractivity contribution in [2.24, 2.45) is 0 Å². The Morgan fingerprint density at radius 2 is 1.26 bits per heavy atom. The molecule has 4 aromatic rings. The van der Waals surface area contributed by atoms with Gasteiger partial charge >= 0.3 is 6.09 Å². The summed E-state index contributed by atoms with van der Waals surface area (Å²) in [6.45, 7) is 0. The van der Waals surface area contributed by atoms with Gasteiger partial charge in [0.1, 0.15) is 11.5 Å². The molecule has 0 spiro atoms. The monoisotopic (exact) mass is 449 g/mol. The third-order valence-electron chi connectivity index (χ3n) is 5.12. The predicted molar refractivity (Wildman–Crippen MR) is 134 cm³/mol. The summed E-state index contributed by atoms with van der Waals surface area (Å²) in [5.74, 6) is 0.862. The van der Waals surface area contributed by atoms with Crippen molar-refractivity contribution >= 4 is 29.3 Å². The van der Waals surface area contributed by atoms with Gasteiger partial charge in [0.15, 0.2) is 5.78 Å². The number of rotatable bonds is 7. The predicted octanol–water partition coefficient (Wildman–Crippen LogP) is 6.93. The molecule has 0 aliphatic heterocycles. The minimum absolute atomic E-state index is 0.168. The number of methoxy groups -OCH3 is 1. The van der Waals surface area contributed by atoms with E-state index in [1.165, 1.54) is 11.0 Å². The SMILES string of the molecule is COc1ccc(C(=O)/C=C/c2ccccc2OC(=O)N(c2ccccc2)c2ccccc2)cc1. The Balaban J connectivity index is 1.57. The molecule has 5 heteroatoms. The molecule has 5 nitrogen and oxygen atoms in total. The maximum Gasteiger partial charge on any atom is 0.424 e. The molecule has 0 N–H and O–H groups in total. The molecule has 0 aliphatic carbocycles. The fourth-order valence-electron chi connectivity index (χ4n) is 3.38. The lowest BCUT2D eigenvalue weighted by Crippen LogP contribution is -2.29. The average Bonchev–Trinajstić information content (AvgIpc) is 2.89. The van der Waals surface area contributed by atoms with E-state index in [1.807, 2.05) is 66.7 Å². The van der Waals surface area contributed by atoms with Gasteiger partial charge in [-0.05, 0) is 66.7 Å². The standard InChI is InChI=1S/C29H23NO4/c1-33-26-19-16-22(17-20-26)27(31)21-18-23-10-8-9-15-28(23)34-29(32)30(24-11-4-2-5-12-24)25-13-6-3-7-14-25/h2-21H,1H3/b21-18+. The molecule has 0 atom stereocenters. The Kier molecular flexibility index (Phi) is 7.16. The summed E-state index contributed by atoms with van der Waals surface area (Å²) in [5.41, 5.74) is 2.51. The van der Waals surface area contributed by atoms with Crippen molar-refractivity contribution in [1.29, 1.82) is 0 Å². The maximum atomic E-state index is 13.3. The van der Waals surface area contributed by atoms with E-state index in [-0.39, 0.29) is 5.78 Å². The molecular formula is C29H23NO4. The van der Waals surface area contributed by atoms with E-state index < -0.39 is 6.09 Å². The molecule has 4 rings (SSSR count). The molecular weight excluding hydrogens is 426 g/mol. The number of para-hydroxylation sites is 3. The highest BCUT2D eigenvalue weighted by molar-refractivity contribution is 6.07. The number of carbonyl (C=O) groups is 2. The van der Waals surface area contributed by atoms with Crippen LogP contribution in [0, 0.1) is 0 Å². The van der Waals surface area contributed by atoms with Crippen LogP contribution >= 0.6 is 0 Å². The second-order valence-corrected chi connectivity index (χ2v) is 7.34. The topological polar surface area (TPSA) is 55.8 Å². The van der Waals surface area contributed by atoms with Gasteiger partial charge in [-0.1, -0.05) is 54.6 Å². The van der Waals surface area contributed by atoms with Gasteiger partial charge < -0.3 is 9.47 Å². The van der Waals surface area contributed by atoms with Crippen LogP contribution < -0.4 is 14.4 Å². The van der Waals surface area contributed by atoms with Crippen molar-refractivity contribution in [1.82, 2.24) is 0 Å². The first kappa shape index (κ1) is 22.6. The first-order valence-corrected chi connectivity index (χ1v) is 10.7. The molecule has 4 aromatic carbocycles. The Bertz CT molecular complexity index is 1240. The molecule has 1 amide bonds. The molecule has 34 heavy (non-hydrogen) atoms. The molecule has 168 valence electrons. The van der Waals surface area contributed by atoms with Gasteiger partial charge in [0.2, 0.25) is 0 Å². The number of allylic oxidation sites excluding steroid dienone is 1. The lowest BCUT2D eigenvalue weighted by molar-refractivity contribution is 0.104. The molecule has 0 aromatic heterocycles. The van der Waals surface area contributed by atoms with Crippen molar-refractivity contribution < 1.29 is 19.1 Å². The van der Waals surface area contributed by atoms with Gasteiger partial charge in [0.05, 0.1) is 18.5 Å². The van der Waals surface area contributed by atoms with Gasteiger partial charge in [-0.25, -0.2) is 9.69 Å². The average molecular weight is 450 g/mol. The van der Waals surface area contributed by atoms with Crippen LogP contribution in [-0.2, 0) is 0 Å². The summed E-state index contributed by atoms with van der Waals surface area (Å²) in [4.78, 5) is 27.4. The van der Waals surface area contributed by atoms with Crippen LogP contribution in [0.3, 0.4) is 0 Å². The number of hydrogen-bond donors (Lipinski definition) is 0. The van der Waals surface area contributed by atoms with Crippen LogP contribution in [0.2, 0.25) is 0 Å². The maximum absolute atomic E-state index is 13.3. The van der Waals surface area contributed by atoms with Crippen LogP contribution in [0.1, 0.15) is 15.9 Å². The zero-order valence-corrected chi connectivity index (χ0v) is 18.6. The van der Waals surface area contributed by atoms with Crippen LogP contribution in [0.4, 0.5) is 16.2 Å². The smallest absolute Gasteiger partial charge is 0.424 e. The van der Waals surface area contributed by atoms with E-state index in [9.17, 15) is 9.59 Å². The van der Waals surface area contributed by atoms with Crippen molar-refractivity contribution in [3.05, 3.63) is 126 Å². The molecule has 0 bridgehead atoms. The number of nitrogens with zero attached hydrogens (tertiary/aromatic N) is 1. The Labute approximate surface area is 198 Å². The van der Waals surface area contributed by atoms with Gasteiger partial charge in [-0.15, -0.1) is 0 Å². The highest BCUT2D eigenvalue weighted by Crippen LogP contribution is 2.28. The molecule has 0 fully saturated rings. The minimum Gasteiger partial charge on any atom is -0.497 e. The first-order chi connectivity index (χ1) is 16.7. The minimum atomic E-state index is -0.556. The lowest BCUT2D eigenvalue weighted by atomic mass is 10.1. The summed E-state index contributed by atoms with van der Waals surface area (Å²) in [6.07, 6.45) is 2.55. The van der Waals surface area contributed by atoms with Gasteiger partial charge in [0, 0.05) is 11.1 Å². The number of ether oxygens (including phenoxy) is 2. The molecule has 0 saturated carbocycles. The zero-order valence-electron chi connectivity index (χ0n) is 18.6. The normalized spacial score (nSPS) is 10.6. The molecule has 0 aliphatic rings. The highest BCUT2D eigenvalue weighted by atomic mass is 16.6. The van der Waals surface area contributed by atoms with Crippen molar-refractivity contribution in [2.45, 2.75) is 0 Å². The first-order valence-electron chi connectivity index (χ1n) is 10.7. The molecule has 0 radical (unpaired) electrons. The van der Waals surface area contributed by atoms with Crippen LogP contribution in [0.15, 0.2) is 115 Å².